The zero-order valence-corrected chi connectivity index (χ0v) is 13.4. The minimum atomic E-state index is -0.635. The molecule has 0 aliphatic carbocycles. The molecule has 0 saturated carbocycles. The molecule has 0 fully saturated rings. The van der Waals surface area contributed by atoms with Crippen LogP contribution >= 0.6 is 23.2 Å². The van der Waals surface area contributed by atoms with Gasteiger partial charge in [0, 0.05) is 15.6 Å². The Balaban J connectivity index is 1.85. The molecule has 0 bridgehead atoms. The summed E-state index contributed by atoms with van der Waals surface area (Å²) in [5.74, 6) is -0.761. The lowest BCUT2D eigenvalue weighted by Gasteiger charge is -2.10. The molecule has 0 spiro atoms. The summed E-state index contributed by atoms with van der Waals surface area (Å²) in [5, 5.41) is 12.6. The Morgan fingerprint density at radius 3 is 2.22 bits per heavy atom. The van der Waals surface area contributed by atoms with Crippen molar-refractivity contribution in [3.05, 3.63) is 75.8 Å². The Bertz CT molecular complexity index is 870. The Morgan fingerprint density at radius 1 is 0.957 bits per heavy atom. The van der Waals surface area contributed by atoms with E-state index in [1.54, 1.807) is 24.3 Å². The smallest absolute Gasteiger partial charge is 0.342 e. The van der Waals surface area contributed by atoms with Crippen molar-refractivity contribution in [2.45, 2.75) is 6.61 Å². The number of carbonyl (C=O) groups excluding carboxylic acids is 1. The predicted molar refractivity (Wildman–Crippen MR) is 91.2 cm³/mol. The number of phenolic OH excluding ortho intramolecular Hbond substituents is 1. The Labute approximate surface area is 143 Å². The van der Waals surface area contributed by atoms with Gasteiger partial charge in [-0.3, -0.25) is 0 Å². The molecule has 0 unspecified atom stereocenters. The maximum absolute atomic E-state index is 12.2. The lowest BCUT2D eigenvalue weighted by molar-refractivity contribution is 0.0470. The number of aromatic hydroxyl groups is 1. The first-order chi connectivity index (χ1) is 11.1. The van der Waals surface area contributed by atoms with Crippen LogP contribution in [0.4, 0.5) is 0 Å². The van der Waals surface area contributed by atoms with Gasteiger partial charge in [-0.25, -0.2) is 4.79 Å². The monoisotopic (exact) mass is 346 g/mol. The van der Waals surface area contributed by atoms with Gasteiger partial charge in [-0.15, -0.1) is 0 Å². The van der Waals surface area contributed by atoms with E-state index in [0.29, 0.717) is 15.6 Å². The molecule has 5 heteroatoms. The minimum Gasteiger partial charge on any atom is -0.507 e. The number of fused-ring (bicyclic) bond motifs is 1. The summed E-state index contributed by atoms with van der Waals surface area (Å²) < 4.78 is 5.24. The number of phenols is 1. The van der Waals surface area contributed by atoms with Crippen molar-refractivity contribution in [3.8, 4) is 5.75 Å². The van der Waals surface area contributed by atoms with Crippen LogP contribution in [0, 0.1) is 0 Å². The van der Waals surface area contributed by atoms with Crippen LogP contribution in [0.2, 0.25) is 10.0 Å². The Morgan fingerprint density at radius 2 is 1.57 bits per heavy atom. The zero-order chi connectivity index (χ0) is 16.4. The van der Waals surface area contributed by atoms with Gasteiger partial charge in [0.1, 0.15) is 17.9 Å². The highest BCUT2D eigenvalue weighted by atomic mass is 35.5. The summed E-state index contributed by atoms with van der Waals surface area (Å²) in [6.07, 6.45) is 0. The van der Waals surface area contributed by atoms with E-state index in [9.17, 15) is 9.90 Å². The maximum atomic E-state index is 12.2. The van der Waals surface area contributed by atoms with Gasteiger partial charge in [0.15, 0.2) is 0 Å². The number of halogens is 2. The van der Waals surface area contributed by atoms with Crippen LogP contribution in [-0.2, 0) is 11.3 Å². The fourth-order valence-corrected chi connectivity index (χ4v) is 2.78. The van der Waals surface area contributed by atoms with E-state index in [-0.39, 0.29) is 17.9 Å². The van der Waals surface area contributed by atoms with Gasteiger partial charge in [0.25, 0.3) is 0 Å². The van der Waals surface area contributed by atoms with E-state index in [1.807, 2.05) is 24.3 Å². The van der Waals surface area contributed by atoms with Gasteiger partial charge in [0.05, 0.1) is 0 Å². The van der Waals surface area contributed by atoms with Crippen molar-refractivity contribution in [3.63, 3.8) is 0 Å². The molecule has 116 valence electrons. The lowest BCUT2D eigenvalue weighted by Crippen LogP contribution is -2.06. The van der Waals surface area contributed by atoms with Gasteiger partial charge < -0.3 is 9.84 Å². The molecule has 0 aliphatic rings. The molecule has 0 saturated heterocycles. The first-order valence-electron chi connectivity index (χ1n) is 6.88. The first kappa shape index (κ1) is 15.7. The van der Waals surface area contributed by atoms with Crippen LogP contribution in [0.15, 0.2) is 54.6 Å². The highest BCUT2D eigenvalue weighted by molar-refractivity contribution is 6.35. The summed E-state index contributed by atoms with van der Waals surface area (Å²) in [6.45, 7) is -0.0659. The molecule has 0 aromatic heterocycles. The zero-order valence-electron chi connectivity index (χ0n) is 11.9. The van der Waals surface area contributed by atoms with E-state index in [4.69, 9.17) is 27.9 Å². The number of carbonyl (C=O) groups is 1. The third-order valence-corrected chi connectivity index (χ3v) is 4.20. The molecule has 0 heterocycles. The van der Waals surface area contributed by atoms with Crippen molar-refractivity contribution in [1.82, 2.24) is 0 Å². The predicted octanol–water partition coefficient (Wildman–Crippen LogP) is 5.21. The van der Waals surface area contributed by atoms with Crippen molar-refractivity contribution in [2.75, 3.05) is 0 Å². The summed E-state index contributed by atoms with van der Waals surface area (Å²) >= 11 is 12.1. The molecular weight excluding hydrogens is 335 g/mol. The summed E-state index contributed by atoms with van der Waals surface area (Å²) in [5.41, 5.74) is 0.635. The van der Waals surface area contributed by atoms with Gasteiger partial charge in [-0.2, -0.15) is 0 Å². The SMILES string of the molecule is O=C(OCc1c(Cl)cccc1Cl)c1cc2ccccc2cc1O. The molecular formula is C18H12Cl2O3. The summed E-state index contributed by atoms with van der Waals surface area (Å²) in [4.78, 5) is 12.2. The Kier molecular flexibility index (Phi) is 4.42. The molecule has 0 aliphatic heterocycles. The van der Waals surface area contributed by atoms with Gasteiger partial charge >= 0.3 is 5.97 Å². The van der Waals surface area contributed by atoms with Crippen LogP contribution in [0.5, 0.6) is 5.75 Å². The largest absolute Gasteiger partial charge is 0.507 e. The molecule has 3 aromatic carbocycles. The highest BCUT2D eigenvalue weighted by Gasteiger charge is 2.15. The number of hydrogen-bond donors (Lipinski definition) is 1. The van der Waals surface area contributed by atoms with Crippen LogP contribution in [-0.4, -0.2) is 11.1 Å². The normalized spacial score (nSPS) is 10.7. The van der Waals surface area contributed by atoms with Crippen molar-refractivity contribution >= 4 is 39.9 Å². The Hall–Kier alpha value is -2.23. The lowest BCUT2D eigenvalue weighted by atomic mass is 10.1. The second-order valence-corrected chi connectivity index (χ2v) is 5.81. The molecule has 3 nitrogen and oxygen atoms in total. The maximum Gasteiger partial charge on any atom is 0.342 e. The first-order valence-corrected chi connectivity index (χ1v) is 7.63. The second kappa shape index (κ2) is 6.49. The molecule has 3 rings (SSSR count). The fourth-order valence-electron chi connectivity index (χ4n) is 2.28. The standard InChI is InChI=1S/C18H12Cl2O3/c19-15-6-3-7-16(20)14(15)10-23-18(22)13-8-11-4-1-2-5-12(11)9-17(13)21/h1-9,21H,10H2. The molecule has 1 N–H and O–H groups in total. The van der Waals surface area contributed by atoms with Crippen molar-refractivity contribution in [2.24, 2.45) is 0 Å². The number of benzene rings is 3. The van der Waals surface area contributed by atoms with E-state index in [0.717, 1.165) is 10.8 Å². The molecule has 0 radical (unpaired) electrons. The highest BCUT2D eigenvalue weighted by Crippen LogP contribution is 2.28. The number of rotatable bonds is 3. The van der Waals surface area contributed by atoms with Crippen LogP contribution < -0.4 is 0 Å². The van der Waals surface area contributed by atoms with Crippen LogP contribution in [0.1, 0.15) is 15.9 Å². The third-order valence-electron chi connectivity index (χ3n) is 3.49. The molecule has 0 amide bonds. The number of hydrogen-bond acceptors (Lipinski definition) is 3. The molecule has 3 aromatic rings. The summed E-state index contributed by atoms with van der Waals surface area (Å²) in [7, 11) is 0. The van der Waals surface area contributed by atoms with Crippen LogP contribution in [0.25, 0.3) is 10.8 Å². The second-order valence-electron chi connectivity index (χ2n) is 4.99. The topological polar surface area (TPSA) is 46.5 Å². The quantitative estimate of drug-likeness (QED) is 0.662. The molecule has 23 heavy (non-hydrogen) atoms. The van der Waals surface area contributed by atoms with Gasteiger partial charge in [0.2, 0.25) is 0 Å². The van der Waals surface area contributed by atoms with E-state index >= 15 is 0 Å². The molecule has 0 atom stereocenters. The third kappa shape index (κ3) is 3.26. The number of ether oxygens (including phenoxy) is 1. The minimum absolute atomic E-state index is 0.0659. The van der Waals surface area contributed by atoms with Crippen molar-refractivity contribution < 1.29 is 14.6 Å². The summed E-state index contributed by atoms with van der Waals surface area (Å²) in [6, 6.07) is 15.6. The fraction of sp³-hybridized carbons (Fsp3) is 0.0556. The van der Waals surface area contributed by atoms with E-state index in [1.165, 1.54) is 6.07 Å². The van der Waals surface area contributed by atoms with E-state index < -0.39 is 5.97 Å². The van der Waals surface area contributed by atoms with Crippen molar-refractivity contribution in [1.29, 1.82) is 0 Å². The van der Waals surface area contributed by atoms with E-state index in [2.05, 4.69) is 0 Å². The van der Waals surface area contributed by atoms with Gasteiger partial charge in [-0.05, 0) is 35.0 Å². The average molecular weight is 347 g/mol. The number of esters is 1. The van der Waals surface area contributed by atoms with Crippen LogP contribution in [0.3, 0.4) is 0 Å². The average Bonchev–Trinajstić information content (AvgIpc) is 2.53. The van der Waals surface area contributed by atoms with Gasteiger partial charge in [-0.1, -0.05) is 53.5 Å².